The van der Waals surface area contributed by atoms with Gasteiger partial charge in [0.15, 0.2) is 0 Å². The Morgan fingerprint density at radius 1 is 1.09 bits per heavy atom. The lowest BCUT2D eigenvalue weighted by Gasteiger charge is -2.16. The molecule has 7 nitrogen and oxygen atoms in total. The Bertz CT molecular complexity index is 761. The fraction of sp³-hybridized carbons (Fsp3) is 0.200. The quantitative estimate of drug-likeness (QED) is 0.593. The van der Waals surface area contributed by atoms with Gasteiger partial charge in [-0.3, -0.25) is 10.1 Å². The molecule has 0 amide bonds. The molecule has 1 atom stereocenters. The minimum atomic E-state index is -3.80. The molecule has 0 bridgehead atoms. The molecule has 23 heavy (non-hydrogen) atoms. The highest BCUT2D eigenvalue weighted by Gasteiger charge is 2.21. The van der Waals surface area contributed by atoms with Crippen LogP contribution >= 0.6 is 0 Å². The summed E-state index contributed by atoms with van der Waals surface area (Å²) in [5, 5.41) is 10.8. The van der Waals surface area contributed by atoms with Gasteiger partial charge in [0.25, 0.3) is 10.0 Å². The first kappa shape index (κ1) is 17.1. The molecule has 0 fully saturated rings. The molecule has 0 aliphatic heterocycles. The number of nitrogens with zero attached hydrogens (tertiary/aromatic N) is 1. The highest BCUT2D eigenvalue weighted by atomic mass is 32.2. The smallest absolute Gasteiger partial charge is 0.253 e. The van der Waals surface area contributed by atoms with Crippen LogP contribution in [0.1, 0.15) is 17.2 Å². The van der Waals surface area contributed by atoms with E-state index in [1.165, 1.54) is 12.1 Å². The van der Waals surface area contributed by atoms with Crippen LogP contribution < -0.4 is 10.3 Å². The Kier molecular flexibility index (Phi) is 5.43. The molecule has 0 saturated heterocycles. The van der Waals surface area contributed by atoms with Crippen molar-refractivity contribution in [1.29, 1.82) is 0 Å². The number of aryl methyl sites for hydroxylation is 1. The lowest BCUT2D eigenvalue weighted by molar-refractivity contribution is -0.484. The van der Waals surface area contributed by atoms with E-state index in [0.717, 1.165) is 5.56 Å². The van der Waals surface area contributed by atoms with Gasteiger partial charge in [-0.1, -0.05) is 48.0 Å². The van der Waals surface area contributed by atoms with Crippen LogP contribution in [0.25, 0.3) is 0 Å². The average molecular weight is 335 g/mol. The number of sulfonamides is 1. The summed E-state index contributed by atoms with van der Waals surface area (Å²) < 4.78 is 24.4. The van der Waals surface area contributed by atoms with Crippen LogP contribution in [-0.4, -0.2) is 19.9 Å². The molecular weight excluding hydrogens is 318 g/mol. The molecule has 0 radical (unpaired) electrons. The van der Waals surface area contributed by atoms with Crippen LogP contribution in [0, 0.1) is 17.0 Å². The van der Waals surface area contributed by atoms with Crippen molar-refractivity contribution in [3.63, 3.8) is 0 Å². The Hall–Kier alpha value is -2.29. The molecule has 0 aromatic heterocycles. The van der Waals surface area contributed by atoms with Crippen LogP contribution in [0.3, 0.4) is 0 Å². The van der Waals surface area contributed by atoms with E-state index >= 15 is 0 Å². The molecule has 122 valence electrons. The summed E-state index contributed by atoms with van der Waals surface area (Å²) in [4.78, 5) is 12.6. The minimum Gasteiger partial charge on any atom is -0.264 e. The van der Waals surface area contributed by atoms with Gasteiger partial charge in [0.2, 0.25) is 6.54 Å². The van der Waals surface area contributed by atoms with Gasteiger partial charge >= 0.3 is 0 Å². The molecule has 0 saturated carbocycles. The van der Waals surface area contributed by atoms with Crippen LogP contribution in [-0.2, 0) is 10.0 Å². The van der Waals surface area contributed by atoms with E-state index in [1.54, 1.807) is 42.5 Å². The van der Waals surface area contributed by atoms with Gasteiger partial charge in [-0.2, -0.15) is 0 Å². The molecule has 0 spiro atoms. The van der Waals surface area contributed by atoms with Crippen LogP contribution in [0.4, 0.5) is 0 Å². The number of hydrazine groups is 1. The number of hydrogen-bond acceptors (Lipinski definition) is 5. The minimum absolute atomic E-state index is 0.0866. The fourth-order valence-electron chi connectivity index (χ4n) is 1.99. The third kappa shape index (κ3) is 4.85. The van der Waals surface area contributed by atoms with Crippen molar-refractivity contribution in [3.05, 3.63) is 75.8 Å². The summed E-state index contributed by atoms with van der Waals surface area (Å²) in [5.41, 5.74) is 4.10. The number of hydrogen-bond donors (Lipinski definition) is 2. The predicted octanol–water partition coefficient (Wildman–Crippen LogP) is 1.80. The largest absolute Gasteiger partial charge is 0.264 e. The molecule has 0 aliphatic rings. The van der Waals surface area contributed by atoms with Crippen molar-refractivity contribution in [3.8, 4) is 0 Å². The van der Waals surface area contributed by atoms with E-state index in [0.29, 0.717) is 5.56 Å². The van der Waals surface area contributed by atoms with Gasteiger partial charge in [0.1, 0.15) is 6.04 Å². The summed E-state index contributed by atoms with van der Waals surface area (Å²) in [7, 11) is -3.80. The maximum absolute atomic E-state index is 12.2. The molecule has 2 rings (SSSR count). The van der Waals surface area contributed by atoms with E-state index in [9.17, 15) is 18.5 Å². The van der Waals surface area contributed by atoms with E-state index in [4.69, 9.17) is 0 Å². The van der Waals surface area contributed by atoms with Crippen molar-refractivity contribution in [2.45, 2.75) is 17.9 Å². The Morgan fingerprint density at radius 2 is 1.70 bits per heavy atom. The first-order valence-corrected chi connectivity index (χ1v) is 8.37. The number of nitro groups is 1. The zero-order valence-corrected chi connectivity index (χ0v) is 13.3. The second-order valence-electron chi connectivity index (χ2n) is 5.04. The lowest BCUT2D eigenvalue weighted by Crippen LogP contribution is -2.42. The molecule has 2 aromatic rings. The average Bonchev–Trinajstić information content (AvgIpc) is 2.52. The summed E-state index contributed by atoms with van der Waals surface area (Å²) in [6.07, 6.45) is 0. The Balaban J connectivity index is 2.14. The van der Waals surface area contributed by atoms with Crippen LogP contribution in [0.2, 0.25) is 0 Å². The first-order valence-electron chi connectivity index (χ1n) is 6.89. The Labute approximate surface area is 134 Å². The van der Waals surface area contributed by atoms with Gasteiger partial charge in [-0.15, -0.1) is 4.83 Å². The maximum Gasteiger partial charge on any atom is 0.253 e. The topological polar surface area (TPSA) is 101 Å². The van der Waals surface area contributed by atoms with Gasteiger partial charge in [-0.05, 0) is 24.6 Å². The fourth-order valence-corrected chi connectivity index (χ4v) is 2.90. The van der Waals surface area contributed by atoms with Crippen molar-refractivity contribution >= 4 is 10.0 Å². The van der Waals surface area contributed by atoms with Gasteiger partial charge < -0.3 is 0 Å². The first-order chi connectivity index (χ1) is 10.9. The lowest BCUT2D eigenvalue weighted by atomic mass is 10.1. The van der Waals surface area contributed by atoms with E-state index in [1.807, 2.05) is 6.92 Å². The highest BCUT2D eigenvalue weighted by molar-refractivity contribution is 7.89. The molecule has 8 heteroatoms. The van der Waals surface area contributed by atoms with E-state index in [-0.39, 0.29) is 4.90 Å². The van der Waals surface area contributed by atoms with Crippen molar-refractivity contribution in [1.82, 2.24) is 10.3 Å². The number of nitrogens with one attached hydrogen (secondary N) is 2. The normalized spacial score (nSPS) is 12.7. The molecule has 2 aromatic carbocycles. The highest BCUT2D eigenvalue weighted by Crippen LogP contribution is 2.14. The SMILES string of the molecule is Cc1ccc(S(=O)(=O)NNC(C[N+](=O)[O-])c2ccccc2)cc1. The monoisotopic (exact) mass is 335 g/mol. The zero-order chi connectivity index (χ0) is 16.9. The summed E-state index contributed by atoms with van der Waals surface area (Å²) in [5.74, 6) is 0. The van der Waals surface area contributed by atoms with Crippen molar-refractivity contribution in [2.75, 3.05) is 6.54 Å². The second-order valence-corrected chi connectivity index (χ2v) is 6.72. The third-order valence-corrected chi connectivity index (χ3v) is 4.51. The molecule has 0 heterocycles. The van der Waals surface area contributed by atoms with Crippen LogP contribution in [0.15, 0.2) is 59.5 Å². The molecule has 2 N–H and O–H groups in total. The molecular formula is C15H17N3O4S. The van der Waals surface area contributed by atoms with Crippen molar-refractivity contribution in [2.24, 2.45) is 0 Å². The van der Waals surface area contributed by atoms with Gasteiger partial charge in [0, 0.05) is 4.92 Å². The molecule has 1 unspecified atom stereocenters. The second kappa shape index (κ2) is 7.32. The molecule has 0 aliphatic carbocycles. The standard InChI is InChI=1S/C15H17N3O4S/c1-12-7-9-14(10-8-12)23(21,22)17-16-15(11-18(19)20)13-5-3-2-4-6-13/h2-10,15-17H,11H2,1H3. The van der Waals surface area contributed by atoms with Gasteiger partial charge in [-0.25, -0.2) is 13.8 Å². The third-order valence-electron chi connectivity index (χ3n) is 3.23. The van der Waals surface area contributed by atoms with Crippen molar-refractivity contribution < 1.29 is 13.3 Å². The van der Waals surface area contributed by atoms with E-state index in [2.05, 4.69) is 10.3 Å². The maximum atomic E-state index is 12.2. The van der Waals surface area contributed by atoms with E-state index < -0.39 is 27.5 Å². The van der Waals surface area contributed by atoms with Crippen LogP contribution in [0.5, 0.6) is 0 Å². The van der Waals surface area contributed by atoms with Gasteiger partial charge in [0.05, 0.1) is 4.90 Å². The predicted molar refractivity (Wildman–Crippen MR) is 85.7 cm³/mol. The summed E-state index contributed by atoms with van der Waals surface area (Å²) in [6.45, 7) is 1.41. The Morgan fingerprint density at radius 3 is 2.26 bits per heavy atom. The number of benzene rings is 2. The zero-order valence-electron chi connectivity index (χ0n) is 12.5. The number of rotatable bonds is 7. The summed E-state index contributed by atoms with van der Waals surface area (Å²) in [6, 6.07) is 14.2. The summed E-state index contributed by atoms with van der Waals surface area (Å²) >= 11 is 0.